The van der Waals surface area contributed by atoms with E-state index >= 15 is 0 Å². The summed E-state index contributed by atoms with van der Waals surface area (Å²) in [6, 6.07) is 6.23. The van der Waals surface area contributed by atoms with Crippen molar-refractivity contribution >= 4 is 16.9 Å². The molecule has 1 aromatic carbocycles. The number of nitrogens with one attached hydrogen (secondary N) is 1. The van der Waals surface area contributed by atoms with Gasteiger partial charge in [0, 0.05) is 6.04 Å². The zero-order valence-electron chi connectivity index (χ0n) is 14.7. The van der Waals surface area contributed by atoms with Gasteiger partial charge in [-0.05, 0) is 31.4 Å². The molecule has 1 atom stereocenters. The second kappa shape index (κ2) is 7.89. The standard InChI is InChI=1S/C18H24F3N3O/c1-12(2)7-6-8-13(3)22-16(25)11-24-15-10-5-4-9-14(15)23-17(24)18(19,20)21/h4-5,9-10,12-13H,6-8,11H2,1-3H3,(H,22,25). The first-order valence-corrected chi connectivity index (χ1v) is 8.50. The van der Waals surface area contributed by atoms with Crippen LogP contribution in [0.3, 0.4) is 0 Å². The van der Waals surface area contributed by atoms with Gasteiger partial charge in [-0.25, -0.2) is 4.98 Å². The summed E-state index contributed by atoms with van der Waals surface area (Å²) in [4.78, 5) is 15.9. The molecule has 0 saturated heterocycles. The van der Waals surface area contributed by atoms with Crippen molar-refractivity contribution in [1.82, 2.24) is 14.9 Å². The number of hydrogen-bond acceptors (Lipinski definition) is 2. The monoisotopic (exact) mass is 355 g/mol. The van der Waals surface area contributed by atoms with Crippen LogP contribution < -0.4 is 5.32 Å². The van der Waals surface area contributed by atoms with Crippen molar-refractivity contribution in [1.29, 1.82) is 0 Å². The van der Waals surface area contributed by atoms with E-state index in [1.165, 1.54) is 12.1 Å². The summed E-state index contributed by atoms with van der Waals surface area (Å²) in [6.07, 6.45) is -1.77. The topological polar surface area (TPSA) is 46.9 Å². The van der Waals surface area contributed by atoms with Gasteiger partial charge in [0.25, 0.3) is 0 Å². The normalized spacial score (nSPS) is 13.4. The number of rotatable bonds is 7. The number of nitrogens with zero attached hydrogens (tertiary/aromatic N) is 2. The lowest BCUT2D eigenvalue weighted by Gasteiger charge is -2.16. The number of aromatic nitrogens is 2. The Hall–Kier alpha value is -2.05. The molecule has 1 N–H and O–H groups in total. The average molecular weight is 355 g/mol. The molecular formula is C18H24F3N3O. The van der Waals surface area contributed by atoms with Crippen LogP contribution >= 0.6 is 0 Å². The lowest BCUT2D eigenvalue weighted by Crippen LogP contribution is -2.35. The van der Waals surface area contributed by atoms with Crippen LogP contribution in [0.25, 0.3) is 11.0 Å². The van der Waals surface area contributed by atoms with Gasteiger partial charge in [0.1, 0.15) is 6.54 Å². The Morgan fingerprint density at radius 2 is 1.88 bits per heavy atom. The van der Waals surface area contributed by atoms with Crippen LogP contribution in [0.5, 0.6) is 0 Å². The maximum atomic E-state index is 13.2. The van der Waals surface area contributed by atoms with Crippen molar-refractivity contribution in [3.05, 3.63) is 30.1 Å². The van der Waals surface area contributed by atoms with E-state index in [0.29, 0.717) is 11.4 Å². The fourth-order valence-corrected chi connectivity index (χ4v) is 2.82. The highest BCUT2D eigenvalue weighted by atomic mass is 19.4. The number of para-hydroxylation sites is 2. The van der Waals surface area contributed by atoms with Crippen LogP contribution in [0.1, 0.15) is 45.9 Å². The minimum Gasteiger partial charge on any atom is -0.352 e. The van der Waals surface area contributed by atoms with Crippen molar-refractivity contribution in [2.45, 2.75) is 58.8 Å². The molecule has 7 heteroatoms. The molecule has 4 nitrogen and oxygen atoms in total. The third-order valence-electron chi connectivity index (χ3n) is 4.04. The zero-order chi connectivity index (χ0) is 18.6. The highest BCUT2D eigenvalue weighted by Crippen LogP contribution is 2.31. The first-order chi connectivity index (χ1) is 11.7. The number of carbonyl (C=O) groups excluding carboxylic acids is 1. The van der Waals surface area contributed by atoms with E-state index in [9.17, 15) is 18.0 Å². The van der Waals surface area contributed by atoms with Crippen LogP contribution in [-0.2, 0) is 17.5 Å². The van der Waals surface area contributed by atoms with Crippen LogP contribution in [0, 0.1) is 5.92 Å². The number of amides is 1. The van der Waals surface area contributed by atoms with Gasteiger partial charge in [0.2, 0.25) is 11.7 Å². The average Bonchev–Trinajstić information content (AvgIpc) is 2.85. The third-order valence-corrected chi connectivity index (χ3v) is 4.04. The molecule has 0 spiro atoms. The summed E-state index contributed by atoms with van der Waals surface area (Å²) >= 11 is 0. The lowest BCUT2D eigenvalue weighted by atomic mass is 10.0. The molecule has 0 aliphatic heterocycles. The van der Waals surface area contributed by atoms with E-state index in [4.69, 9.17) is 0 Å². The van der Waals surface area contributed by atoms with E-state index in [1.54, 1.807) is 12.1 Å². The predicted molar refractivity (Wildman–Crippen MR) is 91.0 cm³/mol. The van der Waals surface area contributed by atoms with E-state index in [1.807, 2.05) is 6.92 Å². The van der Waals surface area contributed by atoms with Gasteiger partial charge in [-0.3, -0.25) is 4.79 Å². The van der Waals surface area contributed by atoms with Gasteiger partial charge in [0.05, 0.1) is 11.0 Å². The van der Waals surface area contributed by atoms with Gasteiger partial charge in [-0.15, -0.1) is 0 Å². The number of halogens is 3. The second-order valence-electron chi connectivity index (χ2n) is 6.80. The number of imidazole rings is 1. The van der Waals surface area contributed by atoms with Gasteiger partial charge in [-0.1, -0.05) is 38.8 Å². The molecule has 0 aliphatic rings. The summed E-state index contributed by atoms with van der Waals surface area (Å²) in [5.74, 6) is -0.892. The molecule has 0 saturated carbocycles. The summed E-state index contributed by atoms with van der Waals surface area (Å²) in [7, 11) is 0. The highest BCUT2D eigenvalue weighted by molar-refractivity contribution is 5.81. The Labute approximate surface area is 145 Å². The molecule has 25 heavy (non-hydrogen) atoms. The van der Waals surface area contributed by atoms with Gasteiger partial charge >= 0.3 is 6.18 Å². The highest BCUT2D eigenvalue weighted by Gasteiger charge is 2.38. The van der Waals surface area contributed by atoms with E-state index in [-0.39, 0.29) is 11.6 Å². The fraction of sp³-hybridized carbons (Fsp3) is 0.556. The van der Waals surface area contributed by atoms with E-state index in [0.717, 1.165) is 23.8 Å². The largest absolute Gasteiger partial charge is 0.449 e. The SMILES string of the molecule is CC(C)CCCC(C)NC(=O)Cn1c(C(F)(F)F)nc2ccccc21. The van der Waals surface area contributed by atoms with Crippen LogP contribution in [-0.4, -0.2) is 21.5 Å². The van der Waals surface area contributed by atoms with Crippen molar-refractivity contribution < 1.29 is 18.0 Å². The van der Waals surface area contributed by atoms with Gasteiger partial charge in [0.15, 0.2) is 0 Å². The molecule has 1 amide bonds. The lowest BCUT2D eigenvalue weighted by molar-refractivity contribution is -0.147. The van der Waals surface area contributed by atoms with Crippen LogP contribution in [0.2, 0.25) is 0 Å². The Balaban J connectivity index is 2.10. The molecular weight excluding hydrogens is 331 g/mol. The summed E-state index contributed by atoms with van der Waals surface area (Å²) < 4.78 is 40.6. The summed E-state index contributed by atoms with van der Waals surface area (Å²) in [6.45, 7) is 5.73. The second-order valence-corrected chi connectivity index (χ2v) is 6.80. The van der Waals surface area contributed by atoms with E-state index in [2.05, 4.69) is 24.1 Å². The molecule has 2 rings (SSSR count). The van der Waals surface area contributed by atoms with Crippen molar-refractivity contribution in [3.8, 4) is 0 Å². The quantitative estimate of drug-likeness (QED) is 0.801. The number of benzene rings is 1. The van der Waals surface area contributed by atoms with Crippen molar-refractivity contribution in [3.63, 3.8) is 0 Å². The van der Waals surface area contributed by atoms with Crippen LogP contribution in [0.15, 0.2) is 24.3 Å². The first kappa shape index (κ1) is 19.3. The minimum absolute atomic E-state index is 0.0737. The minimum atomic E-state index is -4.61. The Bertz CT molecular complexity index is 722. The molecule has 0 radical (unpaired) electrons. The number of hydrogen-bond donors (Lipinski definition) is 1. The smallest absolute Gasteiger partial charge is 0.352 e. The Morgan fingerprint density at radius 3 is 2.52 bits per heavy atom. The Morgan fingerprint density at radius 1 is 1.20 bits per heavy atom. The van der Waals surface area contributed by atoms with Gasteiger partial charge < -0.3 is 9.88 Å². The Kier molecular flexibility index (Phi) is 6.08. The summed E-state index contributed by atoms with van der Waals surface area (Å²) in [5, 5.41) is 2.78. The molecule has 0 aliphatic carbocycles. The fourth-order valence-electron chi connectivity index (χ4n) is 2.82. The molecule has 0 fully saturated rings. The third kappa shape index (κ3) is 5.21. The van der Waals surface area contributed by atoms with E-state index < -0.39 is 24.5 Å². The molecule has 1 aromatic heterocycles. The van der Waals surface area contributed by atoms with Gasteiger partial charge in [-0.2, -0.15) is 13.2 Å². The molecule has 1 unspecified atom stereocenters. The molecule has 1 heterocycles. The predicted octanol–water partition coefficient (Wildman–Crippen LogP) is 4.39. The number of alkyl halides is 3. The zero-order valence-corrected chi connectivity index (χ0v) is 14.7. The van der Waals surface area contributed by atoms with Crippen LogP contribution in [0.4, 0.5) is 13.2 Å². The number of fused-ring (bicyclic) bond motifs is 1. The summed E-state index contributed by atoms with van der Waals surface area (Å²) in [5.41, 5.74) is 0.532. The number of carbonyl (C=O) groups is 1. The maximum Gasteiger partial charge on any atom is 0.449 e. The first-order valence-electron chi connectivity index (χ1n) is 8.50. The van der Waals surface area contributed by atoms with Crippen molar-refractivity contribution in [2.24, 2.45) is 5.92 Å². The molecule has 138 valence electrons. The van der Waals surface area contributed by atoms with Crippen molar-refractivity contribution in [2.75, 3.05) is 0 Å². The molecule has 2 aromatic rings. The maximum absolute atomic E-state index is 13.2. The molecule has 0 bridgehead atoms.